The van der Waals surface area contributed by atoms with Crippen LogP contribution in [0.25, 0.3) is 0 Å². The minimum atomic E-state index is -5.46. The van der Waals surface area contributed by atoms with Crippen molar-refractivity contribution in [2.24, 2.45) is 0 Å². The minimum Gasteiger partial charge on any atom is -0.394 e. The molecule has 0 bridgehead atoms. The Balaban J connectivity index is 3.18. The van der Waals surface area contributed by atoms with E-state index in [0.717, 1.165) is 6.07 Å². The molecule has 1 aromatic carbocycles. The van der Waals surface area contributed by atoms with Crippen LogP contribution >= 0.6 is 0 Å². The van der Waals surface area contributed by atoms with Crippen LogP contribution in [0.15, 0.2) is 29.2 Å². The second-order valence-corrected chi connectivity index (χ2v) is 5.83. The van der Waals surface area contributed by atoms with Crippen LogP contribution in [-0.4, -0.2) is 45.4 Å². The number of aliphatic hydroxyl groups is 1. The summed E-state index contributed by atoms with van der Waals surface area (Å²) >= 11 is 0. The summed E-state index contributed by atoms with van der Waals surface area (Å²) in [4.78, 5) is -0.887. The Morgan fingerprint density at radius 3 is 2.45 bits per heavy atom. The number of nitrogens with one attached hydrogen (secondary N) is 1. The lowest BCUT2D eigenvalue weighted by Gasteiger charge is -2.19. The van der Waals surface area contributed by atoms with E-state index < -0.39 is 32.9 Å². The fourth-order valence-corrected chi connectivity index (χ4v) is 2.43. The molecule has 0 amide bonds. The number of ether oxygens (including phenoxy) is 1. The summed E-state index contributed by atoms with van der Waals surface area (Å²) < 4.78 is 65.4. The number of alkyl halides is 3. The highest BCUT2D eigenvalue weighted by molar-refractivity contribution is 7.92. The molecule has 0 radical (unpaired) electrons. The topological polar surface area (TPSA) is 75.6 Å². The Kier molecular flexibility index (Phi) is 5.37. The summed E-state index contributed by atoms with van der Waals surface area (Å²) in [5.41, 5.74) is -5.62. The smallest absolute Gasteiger partial charge is 0.394 e. The van der Waals surface area contributed by atoms with Gasteiger partial charge in [-0.2, -0.15) is 13.2 Å². The summed E-state index contributed by atoms with van der Waals surface area (Å²) in [6.45, 7) is -0.412. The van der Waals surface area contributed by atoms with Gasteiger partial charge in [0.2, 0.25) is 0 Å². The number of hydrogen-bond donors (Lipinski definition) is 2. The van der Waals surface area contributed by atoms with Crippen LogP contribution in [0.4, 0.5) is 18.9 Å². The van der Waals surface area contributed by atoms with Gasteiger partial charge < -0.3 is 15.2 Å². The van der Waals surface area contributed by atoms with E-state index in [9.17, 15) is 21.6 Å². The van der Waals surface area contributed by atoms with E-state index >= 15 is 0 Å². The lowest BCUT2D eigenvalue weighted by molar-refractivity contribution is -0.0435. The minimum absolute atomic E-state index is 0.0108. The van der Waals surface area contributed by atoms with Gasteiger partial charge in [0.25, 0.3) is 9.84 Å². The summed E-state index contributed by atoms with van der Waals surface area (Å²) in [7, 11) is -4.11. The second kappa shape index (κ2) is 6.42. The van der Waals surface area contributed by atoms with Crippen molar-refractivity contribution in [3.8, 4) is 0 Å². The zero-order valence-corrected chi connectivity index (χ0v) is 11.3. The van der Waals surface area contributed by atoms with E-state index in [1.807, 2.05) is 0 Å². The quantitative estimate of drug-likeness (QED) is 0.830. The molecule has 0 aliphatic rings. The molecule has 0 aliphatic carbocycles. The first-order valence-corrected chi connectivity index (χ1v) is 6.99. The average molecular weight is 313 g/mol. The number of methoxy groups -OCH3 is 1. The number of halogens is 3. The highest BCUT2D eigenvalue weighted by Gasteiger charge is 2.48. The van der Waals surface area contributed by atoms with Gasteiger partial charge in [0.05, 0.1) is 29.8 Å². The first-order chi connectivity index (χ1) is 9.24. The van der Waals surface area contributed by atoms with Gasteiger partial charge in [-0.1, -0.05) is 12.1 Å². The summed E-state index contributed by atoms with van der Waals surface area (Å²) in [6, 6.07) is 3.90. The molecule has 5 nitrogen and oxygen atoms in total. The zero-order chi connectivity index (χ0) is 15.4. The third-order valence-electron chi connectivity index (χ3n) is 2.43. The van der Waals surface area contributed by atoms with E-state index in [2.05, 4.69) is 5.32 Å². The monoisotopic (exact) mass is 313 g/mol. The molecule has 1 unspecified atom stereocenters. The second-order valence-electron chi connectivity index (χ2n) is 3.92. The van der Waals surface area contributed by atoms with Gasteiger partial charge in [0.15, 0.2) is 0 Å². The van der Waals surface area contributed by atoms with Gasteiger partial charge in [-0.15, -0.1) is 0 Å². The third-order valence-corrected chi connectivity index (χ3v) is 3.97. The maximum absolute atomic E-state index is 12.6. The Labute approximate surface area is 114 Å². The van der Waals surface area contributed by atoms with Gasteiger partial charge in [0, 0.05) is 7.11 Å². The van der Waals surface area contributed by atoms with E-state index in [1.54, 1.807) is 0 Å². The molecule has 9 heteroatoms. The normalized spacial score (nSPS) is 14.1. The van der Waals surface area contributed by atoms with Gasteiger partial charge in [-0.3, -0.25) is 0 Å². The Morgan fingerprint density at radius 2 is 1.95 bits per heavy atom. The fourth-order valence-electron chi connectivity index (χ4n) is 1.51. The lowest BCUT2D eigenvalue weighted by atomic mass is 10.2. The molecule has 2 N–H and O–H groups in total. The van der Waals surface area contributed by atoms with Crippen molar-refractivity contribution < 1.29 is 31.4 Å². The Hall–Kier alpha value is -1.32. The number of aliphatic hydroxyl groups excluding tert-OH is 1. The van der Waals surface area contributed by atoms with E-state index in [-0.39, 0.29) is 12.3 Å². The Morgan fingerprint density at radius 1 is 1.35 bits per heavy atom. The molecule has 0 spiro atoms. The molecule has 0 aliphatic heterocycles. The van der Waals surface area contributed by atoms with Crippen LogP contribution in [0.1, 0.15) is 0 Å². The van der Waals surface area contributed by atoms with E-state index in [1.165, 1.54) is 25.3 Å². The van der Waals surface area contributed by atoms with Crippen LogP contribution in [0.2, 0.25) is 0 Å². The number of benzene rings is 1. The number of rotatable bonds is 6. The first-order valence-electron chi connectivity index (χ1n) is 5.50. The predicted molar refractivity (Wildman–Crippen MR) is 66.1 cm³/mol. The number of para-hydroxylation sites is 1. The summed E-state index contributed by atoms with van der Waals surface area (Å²) in [5, 5.41) is 11.6. The molecule has 0 aromatic heterocycles. The molecule has 20 heavy (non-hydrogen) atoms. The van der Waals surface area contributed by atoms with Crippen molar-refractivity contribution in [3.05, 3.63) is 24.3 Å². The molecule has 0 fully saturated rings. The zero-order valence-electron chi connectivity index (χ0n) is 10.5. The van der Waals surface area contributed by atoms with Crippen LogP contribution in [-0.2, 0) is 14.6 Å². The highest BCUT2D eigenvalue weighted by Crippen LogP contribution is 2.34. The van der Waals surface area contributed by atoms with Gasteiger partial charge >= 0.3 is 5.51 Å². The van der Waals surface area contributed by atoms with Crippen LogP contribution in [0.3, 0.4) is 0 Å². The number of hydrogen-bond acceptors (Lipinski definition) is 5. The average Bonchev–Trinajstić information content (AvgIpc) is 2.37. The SMILES string of the molecule is COCC(CO)Nc1ccccc1S(=O)(=O)C(F)(F)F. The van der Waals surface area contributed by atoms with Crippen LogP contribution in [0, 0.1) is 0 Å². The molecular weight excluding hydrogens is 299 g/mol. The largest absolute Gasteiger partial charge is 0.501 e. The van der Waals surface area contributed by atoms with Crippen molar-refractivity contribution in [3.63, 3.8) is 0 Å². The fraction of sp³-hybridized carbons (Fsp3) is 0.455. The molecule has 1 atom stereocenters. The molecule has 0 saturated carbocycles. The molecule has 0 saturated heterocycles. The lowest BCUT2D eigenvalue weighted by Crippen LogP contribution is -2.31. The predicted octanol–water partition coefficient (Wildman–Crippen LogP) is 1.40. The van der Waals surface area contributed by atoms with Crippen molar-refractivity contribution in [1.29, 1.82) is 0 Å². The molecule has 0 heterocycles. The van der Waals surface area contributed by atoms with Crippen LogP contribution < -0.4 is 5.32 Å². The van der Waals surface area contributed by atoms with E-state index in [0.29, 0.717) is 0 Å². The standard InChI is InChI=1S/C11H14F3NO4S/c1-19-7-8(6-16)15-9-4-2-3-5-10(9)20(17,18)11(12,13)14/h2-5,8,15-16H,6-7H2,1H3. The van der Waals surface area contributed by atoms with Gasteiger partial charge in [-0.25, -0.2) is 8.42 Å². The maximum Gasteiger partial charge on any atom is 0.501 e. The third kappa shape index (κ3) is 3.62. The highest BCUT2D eigenvalue weighted by atomic mass is 32.2. The van der Waals surface area contributed by atoms with Crippen LogP contribution in [0.5, 0.6) is 0 Å². The summed E-state index contributed by atoms with van der Waals surface area (Å²) in [6.07, 6.45) is 0. The molecular formula is C11H14F3NO4S. The molecule has 114 valence electrons. The first kappa shape index (κ1) is 16.7. The number of anilines is 1. The Bertz CT molecular complexity index is 545. The van der Waals surface area contributed by atoms with Gasteiger partial charge in [-0.05, 0) is 12.1 Å². The number of sulfone groups is 1. The molecule has 1 rings (SSSR count). The summed E-state index contributed by atoms with van der Waals surface area (Å²) in [5.74, 6) is 0. The van der Waals surface area contributed by atoms with E-state index in [4.69, 9.17) is 9.84 Å². The van der Waals surface area contributed by atoms with Crippen molar-refractivity contribution in [1.82, 2.24) is 0 Å². The van der Waals surface area contributed by atoms with Gasteiger partial charge in [0.1, 0.15) is 0 Å². The van der Waals surface area contributed by atoms with Crippen molar-refractivity contribution >= 4 is 15.5 Å². The molecule has 1 aromatic rings. The van der Waals surface area contributed by atoms with Crippen molar-refractivity contribution in [2.45, 2.75) is 16.4 Å². The maximum atomic E-state index is 12.6. The van der Waals surface area contributed by atoms with Crippen molar-refractivity contribution in [2.75, 3.05) is 25.6 Å².